The van der Waals surface area contributed by atoms with Crippen LogP contribution in [-0.2, 0) is 0 Å². The Morgan fingerprint density at radius 3 is 2.60 bits per heavy atom. The summed E-state index contributed by atoms with van der Waals surface area (Å²) in [5, 5.41) is 7.42. The summed E-state index contributed by atoms with van der Waals surface area (Å²) in [6, 6.07) is 0. The van der Waals surface area contributed by atoms with Gasteiger partial charge in [0.15, 0.2) is 0 Å². The maximum absolute atomic E-state index is 5.72. The fraction of sp³-hybridized carbons (Fsp3) is 0.700. The van der Waals surface area contributed by atoms with Crippen LogP contribution in [0.4, 0.5) is 0 Å². The molecule has 0 aliphatic heterocycles. The minimum atomic E-state index is 0.140. The van der Waals surface area contributed by atoms with Crippen LogP contribution in [0.25, 0.3) is 0 Å². The van der Waals surface area contributed by atoms with Gasteiger partial charge in [-0.05, 0) is 37.3 Å². The van der Waals surface area contributed by atoms with Crippen LogP contribution in [0.15, 0.2) is 6.20 Å². The van der Waals surface area contributed by atoms with Crippen LogP contribution < -0.4 is 4.74 Å². The van der Waals surface area contributed by atoms with E-state index in [9.17, 15) is 0 Å². The zero-order chi connectivity index (χ0) is 10.5. The molecule has 0 unspecified atom stereocenters. The molecule has 5 heteroatoms. The van der Waals surface area contributed by atoms with Crippen molar-refractivity contribution in [3.63, 3.8) is 0 Å². The summed E-state index contributed by atoms with van der Waals surface area (Å²) in [5.74, 6) is 0.488. The van der Waals surface area contributed by atoms with Gasteiger partial charge in [-0.3, -0.25) is 0 Å². The Balaban J connectivity index is 1.95. The predicted molar refractivity (Wildman–Crippen MR) is 57.0 cm³/mol. The van der Waals surface area contributed by atoms with Gasteiger partial charge in [-0.25, -0.2) is 0 Å². The number of hydrogen-bond acceptors (Lipinski definition) is 4. The lowest BCUT2D eigenvalue weighted by Crippen LogP contribution is -2.16. The smallest absolute Gasteiger partial charge is 0.246 e. The van der Waals surface area contributed by atoms with Gasteiger partial charge in [0.2, 0.25) is 11.2 Å². The van der Waals surface area contributed by atoms with E-state index < -0.39 is 0 Å². The molecule has 0 spiro atoms. The number of halogens is 1. The molecule has 4 nitrogen and oxygen atoms in total. The molecule has 15 heavy (non-hydrogen) atoms. The molecular formula is C10H14ClN3O. The van der Waals surface area contributed by atoms with Gasteiger partial charge in [0.25, 0.3) is 0 Å². The van der Waals surface area contributed by atoms with E-state index in [0.717, 1.165) is 12.8 Å². The molecule has 1 aromatic heterocycles. The summed E-state index contributed by atoms with van der Waals surface area (Å²) in [7, 11) is 0. The third-order valence-corrected chi connectivity index (χ3v) is 2.76. The van der Waals surface area contributed by atoms with Crippen LogP contribution in [0.5, 0.6) is 5.88 Å². The average Bonchev–Trinajstić information content (AvgIpc) is 2.46. The first-order valence-electron chi connectivity index (χ1n) is 5.36. The minimum absolute atomic E-state index is 0.140. The number of nitrogens with zero attached hydrogens (tertiary/aromatic N) is 3. The molecule has 0 radical (unpaired) electrons. The van der Waals surface area contributed by atoms with E-state index in [1.54, 1.807) is 0 Å². The molecule has 0 N–H and O–H groups in total. The Hall–Kier alpha value is -0.900. The second-order valence-corrected chi connectivity index (χ2v) is 4.13. The van der Waals surface area contributed by atoms with Crippen molar-refractivity contribution in [2.75, 3.05) is 0 Å². The lowest BCUT2D eigenvalue weighted by Gasteiger charge is -2.15. The highest BCUT2D eigenvalue weighted by Crippen LogP contribution is 2.21. The second-order valence-electron chi connectivity index (χ2n) is 3.80. The van der Waals surface area contributed by atoms with E-state index in [-0.39, 0.29) is 11.4 Å². The SMILES string of the molecule is Clc1nncc(OC2CCCCCC2)n1. The van der Waals surface area contributed by atoms with Crippen LogP contribution in [0, 0.1) is 0 Å². The van der Waals surface area contributed by atoms with Crippen LogP contribution in [0.2, 0.25) is 5.28 Å². The lowest BCUT2D eigenvalue weighted by molar-refractivity contribution is 0.175. The van der Waals surface area contributed by atoms with Gasteiger partial charge in [0.1, 0.15) is 12.3 Å². The summed E-state index contributed by atoms with van der Waals surface area (Å²) in [5.41, 5.74) is 0. The van der Waals surface area contributed by atoms with Crippen molar-refractivity contribution in [2.24, 2.45) is 0 Å². The number of aromatic nitrogens is 3. The average molecular weight is 228 g/mol. The zero-order valence-electron chi connectivity index (χ0n) is 8.53. The van der Waals surface area contributed by atoms with Crippen molar-refractivity contribution < 1.29 is 4.74 Å². The van der Waals surface area contributed by atoms with Gasteiger partial charge >= 0.3 is 0 Å². The Bertz CT molecular complexity index is 313. The quantitative estimate of drug-likeness (QED) is 0.729. The Kier molecular flexibility index (Phi) is 3.72. The number of ether oxygens (including phenoxy) is 1. The number of rotatable bonds is 2. The van der Waals surface area contributed by atoms with Gasteiger partial charge in [-0.1, -0.05) is 12.8 Å². The first kappa shape index (κ1) is 10.6. The van der Waals surface area contributed by atoms with Gasteiger partial charge in [-0.15, -0.1) is 5.10 Å². The molecule has 82 valence electrons. The lowest BCUT2D eigenvalue weighted by atomic mass is 10.1. The molecule has 1 fully saturated rings. The largest absolute Gasteiger partial charge is 0.473 e. The molecule has 0 atom stereocenters. The highest BCUT2D eigenvalue weighted by atomic mass is 35.5. The van der Waals surface area contributed by atoms with Gasteiger partial charge < -0.3 is 4.74 Å². The molecule has 0 aromatic carbocycles. The predicted octanol–water partition coefficient (Wildman–Crippen LogP) is 2.63. The Labute approximate surface area is 94.0 Å². The molecule has 1 aliphatic rings. The fourth-order valence-corrected chi connectivity index (χ4v) is 1.98. The van der Waals surface area contributed by atoms with E-state index >= 15 is 0 Å². The zero-order valence-corrected chi connectivity index (χ0v) is 9.28. The maximum Gasteiger partial charge on any atom is 0.246 e. The van der Waals surface area contributed by atoms with Crippen LogP contribution >= 0.6 is 11.6 Å². The molecule has 0 saturated heterocycles. The highest BCUT2D eigenvalue weighted by Gasteiger charge is 2.14. The summed E-state index contributed by atoms with van der Waals surface area (Å²) >= 11 is 5.63. The van der Waals surface area contributed by atoms with Gasteiger partial charge in [0, 0.05) is 0 Å². The summed E-state index contributed by atoms with van der Waals surface area (Å²) in [4.78, 5) is 3.97. The van der Waals surface area contributed by atoms with E-state index in [0.29, 0.717) is 5.88 Å². The molecule has 2 rings (SSSR count). The number of hydrogen-bond donors (Lipinski definition) is 0. The van der Waals surface area contributed by atoms with Crippen molar-refractivity contribution >= 4 is 11.6 Å². The van der Waals surface area contributed by atoms with E-state index in [1.165, 1.54) is 31.9 Å². The van der Waals surface area contributed by atoms with E-state index in [4.69, 9.17) is 16.3 Å². The maximum atomic E-state index is 5.72. The topological polar surface area (TPSA) is 47.9 Å². The summed E-state index contributed by atoms with van der Waals surface area (Å²) in [6.07, 6.45) is 9.05. The van der Waals surface area contributed by atoms with Crippen molar-refractivity contribution in [1.82, 2.24) is 15.2 Å². The standard InChI is InChI=1S/C10H14ClN3O/c11-10-13-9(7-12-14-10)15-8-5-3-1-2-4-6-8/h7-8H,1-6H2. The first-order chi connectivity index (χ1) is 7.34. The van der Waals surface area contributed by atoms with Crippen molar-refractivity contribution in [2.45, 2.75) is 44.6 Å². The first-order valence-corrected chi connectivity index (χ1v) is 5.74. The van der Waals surface area contributed by atoms with Crippen LogP contribution in [0.1, 0.15) is 38.5 Å². The van der Waals surface area contributed by atoms with Crippen molar-refractivity contribution in [1.29, 1.82) is 0 Å². The van der Waals surface area contributed by atoms with E-state index in [2.05, 4.69) is 15.2 Å². The third kappa shape index (κ3) is 3.30. The Morgan fingerprint density at radius 2 is 1.93 bits per heavy atom. The normalized spacial score (nSPS) is 18.5. The summed E-state index contributed by atoms with van der Waals surface area (Å²) < 4.78 is 5.72. The van der Waals surface area contributed by atoms with E-state index in [1.807, 2.05) is 0 Å². The third-order valence-electron chi connectivity index (χ3n) is 2.60. The van der Waals surface area contributed by atoms with Crippen molar-refractivity contribution in [3.8, 4) is 5.88 Å². The minimum Gasteiger partial charge on any atom is -0.473 e. The van der Waals surface area contributed by atoms with Crippen LogP contribution in [0.3, 0.4) is 0 Å². The molecular weight excluding hydrogens is 214 g/mol. The molecule has 0 bridgehead atoms. The summed E-state index contributed by atoms with van der Waals surface area (Å²) in [6.45, 7) is 0. The molecule has 0 amide bonds. The van der Waals surface area contributed by atoms with Crippen molar-refractivity contribution in [3.05, 3.63) is 11.5 Å². The second kappa shape index (κ2) is 5.26. The molecule has 1 aliphatic carbocycles. The molecule has 1 saturated carbocycles. The van der Waals surface area contributed by atoms with Crippen LogP contribution in [-0.4, -0.2) is 21.3 Å². The highest BCUT2D eigenvalue weighted by molar-refractivity contribution is 6.28. The Morgan fingerprint density at radius 1 is 1.20 bits per heavy atom. The molecule has 1 aromatic rings. The van der Waals surface area contributed by atoms with Gasteiger partial charge in [-0.2, -0.15) is 10.1 Å². The van der Waals surface area contributed by atoms with Gasteiger partial charge in [0.05, 0.1) is 0 Å². The monoisotopic (exact) mass is 227 g/mol. The molecule has 1 heterocycles. The fourth-order valence-electron chi connectivity index (χ4n) is 1.86.